The van der Waals surface area contributed by atoms with Crippen molar-refractivity contribution in [3.63, 3.8) is 0 Å². The number of carbonyl (C=O) groups excluding carboxylic acids is 1. The summed E-state index contributed by atoms with van der Waals surface area (Å²) >= 11 is 0. The number of hydrogen-bond donors (Lipinski definition) is 1. The van der Waals surface area contributed by atoms with Gasteiger partial charge in [-0.25, -0.2) is 4.98 Å². The van der Waals surface area contributed by atoms with Crippen LogP contribution < -0.4 is 0 Å². The lowest BCUT2D eigenvalue weighted by Gasteiger charge is -2.46. The highest BCUT2D eigenvalue weighted by Crippen LogP contribution is 2.40. The number of fused-ring (bicyclic) bond motifs is 1. The topological polar surface area (TPSA) is 52.2 Å². The van der Waals surface area contributed by atoms with Crippen molar-refractivity contribution in [3.05, 3.63) is 53.6 Å². The molecule has 0 radical (unpaired) electrons. The van der Waals surface area contributed by atoms with Crippen LogP contribution in [0, 0.1) is 0 Å². The van der Waals surface area contributed by atoms with Crippen molar-refractivity contribution in [1.82, 2.24) is 19.8 Å². The van der Waals surface area contributed by atoms with Crippen LogP contribution in [-0.2, 0) is 24.1 Å². The zero-order chi connectivity index (χ0) is 21.4. The number of amides is 1. The van der Waals surface area contributed by atoms with E-state index in [0.29, 0.717) is 19.5 Å². The summed E-state index contributed by atoms with van der Waals surface area (Å²) in [6.45, 7) is 4.03. The molecule has 0 aliphatic carbocycles. The van der Waals surface area contributed by atoms with Crippen LogP contribution in [0.3, 0.4) is 0 Å². The lowest BCUT2D eigenvalue weighted by molar-refractivity contribution is -0.141. The molecule has 2 aliphatic heterocycles. The van der Waals surface area contributed by atoms with Crippen LogP contribution in [0.4, 0.5) is 13.2 Å². The molecular weight excluding hydrogens is 393 g/mol. The molecule has 1 N–H and O–H groups in total. The second kappa shape index (κ2) is 8.06. The van der Waals surface area contributed by atoms with Gasteiger partial charge < -0.3 is 9.88 Å². The van der Waals surface area contributed by atoms with Gasteiger partial charge in [-0.3, -0.25) is 9.69 Å². The first-order valence-corrected chi connectivity index (χ1v) is 10.5. The molecule has 162 valence electrons. The molecule has 8 heteroatoms. The molecule has 2 fully saturated rings. The highest BCUT2D eigenvalue weighted by molar-refractivity contribution is 5.77. The Morgan fingerprint density at radius 2 is 1.97 bits per heavy atom. The molecule has 2 aromatic rings. The van der Waals surface area contributed by atoms with Gasteiger partial charge in [-0.1, -0.05) is 18.6 Å². The van der Waals surface area contributed by atoms with E-state index in [9.17, 15) is 18.0 Å². The van der Waals surface area contributed by atoms with Gasteiger partial charge in [0.25, 0.3) is 0 Å². The fourth-order valence-electron chi connectivity index (χ4n) is 4.94. The predicted molar refractivity (Wildman–Crippen MR) is 106 cm³/mol. The van der Waals surface area contributed by atoms with E-state index in [2.05, 4.69) is 21.8 Å². The summed E-state index contributed by atoms with van der Waals surface area (Å²) in [4.78, 5) is 24.9. The Labute approximate surface area is 174 Å². The third-order valence-electron chi connectivity index (χ3n) is 6.63. The van der Waals surface area contributed by atoms with Crippen molar-refractivity contribution in [1.29, 1.82) is 0 Å². The van der Waals surface area contributed by atoms with Gasteiger partial charge >= 0.3 is 6.18 Å². The molecule has 2 atom stereocenters. The zero-order valence-corrected chi connectivity index (χ0v) is 17.1. The first-order chi connectivity index (χ1) is 14.3. The highest BCUT2D eigenvalue weighted by atomic mass is 19.4. The van der Waals surface area contributed by atoms with E-state index in [0.717, 1.165) is 55.7 Å². The van der Waals surface area contributed by atoms with E-state index >= 15 is 0 Å². The number of carbonyl (C=O) groups is 1. The Morgan fingerprint density at radius 1 is 1.20 bits per heavy atom. The molecular formula is C22H27F3N4O. The second-order valence-electron chi connectivity index (χ2n) is 8.55. The van der Waals surface area contributed by atoms with Crippen LogP contribution in [-0.4, -0.2) is 43.8 Å². The maximum atomic E-state index is 13.1. The monoisotopic (exact) mass is 420 g/mol. The van der Waals surface area contributed by atoms with E-state index in [-0.39, 0.29) is 17.5 Å². The summed E-state index contributed by atoms with van der Waals surface area (Å²) in [5, 5.41) is 0. The summed E-state index contributed by atoms with van der Waals surface area (Å²) in [6.07, 6.45) is 3.34. The van der Waals surface area contributed by atoms with Crippen molar-refractivity contribution in [2.24, 2.45) is 0 Å². The average Bonchev–Trinajstić information content (AvgIpc) is 3.31. The molecule has 2 aliphatic rings. The van der Waals surface area contributed by atoms with E-state index in [4.69, 9.17) is 0 Å². The Bertz CT molecular complexity index is 866. The van der Waals surface area contributed by atoms with Gasteiger partial charge in [0.15, 0.2) is 0 Å². The first kappa shape index (κ1) is 20.9. The largest absolute Gasteiger partial charge is 0.416 e. The molecule has 4 rings (SSSR count). The van der Waals surface area contributed by atoms with E-state index < -0.39 is 11.7 Å². The smallest absolute Gasteiger partial charge is 0.348 e. The summed E-state index contributed by atoms with van der Waals surface area (Å²) < 4.78 is 38.7. The zero-order valence-electron chi connectivity index (χ0n) is 17.1. The number of hydrogen-bond acceptors (Lipinski definition) is 3. The lowest BCUT2D eigenvalue weighted by atomic mass is 9.84. The van der Waals surface area contributed by atoms with Crippen LogP contribution in [0.2, 0.25) is 0 Å². The Kier molecular flexibility index (Phi) is 5.61. The number of halogens is 3. The molecule has 30 heavy (non-hydrogen) atoms. The molecule has 2 saturated heterocycles. The van der Waals surface area contributed by atoms with Gasteiger partial charge in [-0.05, 0) is 43.9 Å². The first-order valence-electron chi connectivity index (χ1n) is 10.5. The number of rotatable bonds is 4. The third-order valence-corrected chi connectivity index (χ3v) is 6.63. The van der Waals surface area contributed by atoms with Gasteiger partial charge in [0, 0.05) is 37.9 Å². The normalized spacial score (nSPS) is 25.8. The fourth-order valence-corrected chi connectivity index (χ4v) is 4.94. The molecule has 1 aromatic heterocycles. The van der Waals surface area contributed by atoms with Crippen LogP contribution >= 0.6 is 0 Å². The lowest BCUT2D eigenvalue weighted by Crippen LogP contribution is -2.57. The SMILES string of the molecule is C[C@@]12CCN(Cc3ncc[nH]3)[C@@H]1CCCCC(=O)N2Cc1ccc(C(F)(F)F)cc1. The molecule has 5 nitrogen and oxygen atoms in total. The quantitative estimate of drug-likeness (QED) is 0.800. The van der Waals surface area contributed by atoms with Crippen molar-refractivity contribution in [2.75, 3.05) is 6.54 Å². The fraction of sp³-hybridized carbons (Fsp3) is 0.545. The molecule has 0 saturated carbocycles. The number of imidazole rings is 1. The minimum Gasteiger partial charge on any atom is -0.348 e. The Morgan fingerprint density at radius 3 is 2.63 bits per heavy atom. The third kappa shape index (κ3) is 4.10. The maximum Gasteiger partial charge on any atom is 0.416 e. The Balaban J connectivity index is 1.58. The summed E-state index contributed by atoms with van der Waals surface area (Å²) in [6, 6.07) is 5.37. The maximum absolute atomic E-state index is 13.1. The summed E-state index contributed by atoms with van der Waals surface area (Å²) in [7, 11) is 0. The number of H-pyrrole nitrogens is 1. The highest BCUT2D eigenvalue weighted by Gasteiger charge is 2.49. The number of nitrogens with one attached hydrogen (secondary N) is 1. The molecule has 0 unspecified atom stereocenters. The minimum atomic E-state index is -4.36. The number of likely N-dealkylation sites (tertiary alicyclic amines) is 2. The number of benzene rings is 1. The van der Waals surface area contributed by atoms with Gasteiger partial charge in [0.05, 0.1) is 17.6 Å². The van der Waals surface area contributed by atoms with Gasteiger partial charge in [0.2, 0.25) is 5.91 Å². The van der Waals surface area contributed by atoms with Gasteiger partial charge in [0.1, 0.15) is 5.82 Å². The summed E-state index contributed by atoms with van der Waals surface area (Å²) in [5.41, 5.74) is -0.298. The summed E-state index contributed by atoms with van der Waals surface area (Å²) in [5.74, 6) is 0.990. The molecule has 0 spiro atoms. The number of aromatic amines is 1. The number of alkyl halides is 3. The Hall–Kier alpha value is -2.35. The van der Waals surface area contributed by atoms with E-state index in [1.165, 1.54) is 12.1 Å². The number of nitrogens with zero attached hydrogens (tertiary/aromatic N) is 3. The van der Waals surface area contributed by atoms with Gasteiger partial charge in [-0.2, -0.15) is 13.2 Å². The van der Waals surface area contributed by atoms with Crippen LogP contribution in [0.15, 0.2) is 36.7 Å². The van der Waals surface area contributed by atoms with Gasteiger partial charge in [-0.15, -0.1) is 0 Å². The molecule has 0 bridgehead atoms. The van der Waals surface area contributed by atoms with Crippen molar-refractivity contribution < 1.29 is 18.0 Å². The van der Waals surface area contributed by atoms with Crippen LogP contribution in [0.25, 0.3) is 0 Å². The van der Waals surface area contributed by atoms with Crippen LogP contribution in [0.1, 0.15) is 56.0 Å². The standard InChI is InChI=1S/C22H27F3N4O/c1-21-10-13-28(15-19-26-11-12-27-19)18(21)4-2-3-5-20(30)29(21)14-16-6-8-17(9-7-16)22(23,24)25/h6-9,11-12,18H,2-5,10,13-15H2,1H3,(H,26,27)/t18-,21-/m1/s1. The van der Waals surface area contributed by atoms with E-state index in [1.54, 1.807) is 6.20 Å². The predicted octanol–water partition coefficient (Wildman–Crippen LogP) is 4.36. The second-order valence-corrected chi connectivity index (χ2v) is 8.55. The van der Waals surface area contributed by atoms with Crippen molar-refractivity contribution in [2.45, 2.75) is 69.9 Å². The van der Waals surface area contributed by atoms with E-state index in [1.807, 2.05) is 11.1 Å². The van der Waals surface area contributed by atoms with Crippen molar-refractivity contribution in [3.8, 4) is 0 Å². The average molecular weight is 420 g/mol. The minimum absolute atomic E-state index is 0.0851. The van der Waals surface area contributed by atoms with Crippen molar-refractivity contribution >= 4 is 5.91 Å². The number of aromatic nitrogens is 2. The molecule has 1 amide bonds. The van der Waals surface area contributed by atoms with Crippen LogP contribution in [0.5, 0.6) is 0 Å². The molecule has 1 aromatic carbocycles. The molecule has 3 heterocycles.